The molecule has 2 aromatic carbocycles. The molecule has 0 aliphatic rings. The molecule has 0 fully saturated rings. The van der Waals surface area contributed by atoms with Crippen molar-refractivity contribution in [2.24, 2.45) is 0 Å². The van der Waals surface area contributed by atoms with Crippen molar-refractivity contribution in [1.82, 2.24) is 20.1 Å². The van der Waals surface area contributed by atoms with Crippen LogP contribution in [0, 0.1) is 6.92 Å². The topological polar surface area (TPSA) is 98.1 Å². The predicted octanol–water partition coefficient (Wildman–Crippen LogP) is 4.66. The molecule has 0 saturated heterocycles. The summed E-state index contributed by atoms with van der Waals surface area (Å²) in [6.45, 7) is 7.90. The minimum absolute atomic E-state index is 0.133. The van der Waals surface area contributed by atoms with Crippen molar-refractivity contribution in [3.8, 4) is 5.75 Å². The third-order valence-corrected chi connectivity index (χ3v) is 6.39. The summed E-state index contributed by atoms with van der Waals surface area (Å²) in [5.41, 5.74) is 1.98. The van der Waals surface area contributed by atoms with Gasteiger partial charge in [-0.1, -0.05) is 35.5 Å². The highest BCUT2D eigenvalue weighted by atomic mass is 35.5. The molecule has 0 bridgehead atoms. The van der Waals surface area contributed by atoms with E-state index in [1.807, 2.05) is 18.4 Å². The normalized spacial score (nSPS) is 11.5. The van der Waals surface area contributed by atoms with Gasteiger partial charge < -0.3 is 19.9 Å². The van der Waals surface area contributed by atoms with Gasteiger partial charge in [-0.05, 0) is 55.8 Å². The van der Waals surface area contributed by atoms with Gasteiger partial charge in [0, 0.05) is 22.8 Å². The van der Waals surface area contributed by atoms with Crippen molar-refractivity contribution < 1.29 is 14.3 Å². The number of aromatic nitrogens is 3. The Kier molecular flexibility index (Phi) is 8.72. The average Bonchev–Trinajstić information content (AvgIpc) is 3.23. The Labute approximate surface area is 207 Å². The summed E-state index contributed by atoms with van der Waals surface area (Å²) in [7, 11) is 1.57. The lowest BCUT2D eigenvalue weighted by Gasteiger charge is -2.15. The molecule has 1 heterocycles. The zero-order valence-corrected chi connectivity index (χ0v) is 20.7. The van der Waals surface area contributed by atoms with E-state index < -0.39 is 6.04 Å². The molecule has 3 aromatic rings. The van der Waals surface area contributed by atoms with Gasteiger partial charge in [0.15, 0.2) is 11.0 Å². The first-order chi connectivity index (χ1) is 16.3. The average molecular weight is 500 g/mol. The van der Waals surface area contributed by atoms with Crippen molar-refractivity contribution in [2.45, 2.75) is 31.6 Å². The molecule has 1 aromatic heterocycles. The lowest BCUT2D eigenvalue weighted by Crippen LogP contribution is -2.28. The van der Waals surface area contributed by atoms with Crippen LogP contribution in [0.5, 0.6) is 5.75 Å². The van der Waals surface area contributed by atoms with Gasteiger partial charge in [-0.25, -0.2) is 0 Å². The number of carbonyl (C=O) groups excluding carboxylic acids is 2. The van der Waals surface area contributed by atoms with Gasteiger partial charge in [0.25, 0.3) is 5.91 Å². The van der Waals surface area contributed by atoms with Crippen LogP contribution in [-0.2, 0) is 11.3 Å². The second-order valence-corrected chi connectivity index (χ2v) is 8.76. The first-order valence-corrected chi connectivity index (χ1v) is 11.9. The second-order valence-electron chi connectivity index (χ2n) is 7.41. The molecular formula is C24H26ClN5O3S. The fourth-order valence-corrected chi connectivity index (χ4v) is 4.10. The van der Waals surface area contributed by atoms with Crippen molar-refractivity contribution in [1.29, 1.82) is 0 Å². The van der Waals surface area contributed by atoms with E-state index in [1.165, 1.54) is 11.8 Å². The number of halogens is 1. The number of benzene rings is 2. The largest absolute Gasteiger partial charge is 0.497 e. The number of nitrogens with zero attached hydrogens (tertiary/aromatic N) is 3. The summed E-state index contributed by atoms with van der Waals surface area (Å²) in [4.78, 5) is 25.1. The number of nitrogens with one attached hydrogen (secondary N) is 2. The van der Waals surface area contributed by atoms with Crippen LogP contribution in [0.15, 0.2) is 60.3 Å². The standard InChI is InChI=1S/C24H26ClN5O3S/c1-5-13-30-22(16(3)26-23(32)17-9-11-18(33-4)12-10-17)28-29-24(30)34-14-21(31)27-20-8-6-7-19(25)15(20)2/h5-12,16H,1,13-14H2,2-4H3,(H,26,32)(H,27,31)/t16-/m0/s1. The maximum atomic E-state index is 12.6. The first-order valence-electron chi connectivity index (χ1n) is 10.5. The maximum Gasteiger partial charge on any atom is 0.251 e. The van der Waals surface area contributed by atoms with Gasteiger partial charge in [0.1, 0.15) is 5.75 Å². The molecule has 2 amide bonds. The zero-order valence-electron chi connectivity index (χ0n) is 19.2. The summed E-state index contributed by atoms with van der Waals surface area (Å²) in [5, 5.41) is 15.4. The molecule has 1 atom stereocenters. The number of amides is 2. The van der Waals surface area contributed by atoms with Gasteiger partial charge in [-0.2, -0.15) is 0 Å². The number of rotatable bonds is 10. The van der Waals surface area contributed by atoms with Crippen molar-refractivity contribution in [3.63, 3.8) is 0 Å². The molecule has 0 unspecified atom stereocenters. The van der Waals surface area contributed by atoms with Crippen LogP contribution >= 0.6 is 23.4 Å². The van der Waals surface area contributed by atoms with Crippen LogP contribution in [0.1, 0.15) is 34.7 Å². The summed E-state index contributed by atoms with van der Waals surface area (Å²) in [6.07, 6.45) is 1.71. The lowest BCUT2D eigenvalue weighted by molar-refractivity contribution is -0.113. The van der Waals surface area contributed by atoms with Crippen molar-refractivity contribution in [3.05, 3.63) is 77.1 Å². The molecule has 0 spiro atoms. The lowest BCUT2D eigenvalue weighted by atomic mass is 10.2. The minimum atomic E-state index is -0.417. The molecule has 2 N–H and O–H groups in total. The third-order valence-electron chi connectivity index (χ3n) is 5.02. The zero-order chi connectivity index (χ0) is 24.7. The van der Waals surface area contributed by atoms with Crippen LogP contribution in [-0.4, -0.2) is 39.4 Å². The molecule has 178 valence electrons. The number of carbonyl (C=O) groups is 2. The molecule has 34 heavy (non-hydrogen) atoms. The summed E-state index contributed by atoms with van der Waals surface area (Å²) in [5.74, 6) is 0.940. The Morgan fingerprint density at radius 3 is 2.65 bits per heavy atom. The van der Waals surface area contributed by atoms with Crippen molar-refractivity contribution in [2.75, 3.05) is 18.2 Å². The summed E-state index contributed by atoms with van der Waals surface area (Å²) < 4.78 is 6.96. The van der Waals surface area contributed by atoms with Gasteiger partial charge >= 0.3 is 0 Å². The SMILES string of the molecule is C=CCn1c(SCC(=O)Nc2cccc(Cl)c2C)nnc1[C@H](C)NC(=O)c1ccc(OC)cc1. The fraction of sp³-hybridized carbons (Fsp3) is 0.250. The second kappa shape index (κ2) is 11.7. The molecule has 0 aliphatic heterocycles. The highest BCUT2D eigenvalue weighted by molar-refractivity contribution is 7.99. The number of thioether (sulfide) groups is 1. The quantitative estimate of drug-likeness (QED) is 0.311. The molecule has 0 saturated carbocycles. The van der Waals surface area contributed by atoms with Gasteiger partial charge in [0.2, 0.25) is 5.91 Å². The molecule has 0 aliphatic carbocycles. The number of allylic oxidation sites excluding steroid dienone is 1. The van der Waals surface area contributed by atoms with E-state index in [1.54, 1.807) is 55.7 Å². The van der Waals surface area contributed by atoms with Gasteiger partial charge in [-0.15, -0.1) is 16.8 Å². The molecule has 8 nitrogen and oxygen atoms in total. The van der Waals surface area contributed by atoms with Crippen LogP contribution in [0.3, 0.4) is 0 Å². The molecule has 3 rings (SSSR count). The van der Waals surface area contributed by atoms with Gasteiger partial charge in [-0.3, -0.25) is 9.59 Å². The number of hydrogen-bond donors (Lipinski definition) is 2. The Bertz CT molecular complexity index is 1180. The monoisotopic (exact) mass is 499 g/mol. The number of ether oxygens (including phenoxy) is 1. The first kappa shape index (κ1) is 25.3. The molecular weight excluding hydrogens is 474 g/mol. The number of methoxy groups -OCH3 is 1. The van der Waals surface area contributed by atoms with E-state index in [2.05, 4.69) is 27.4 Å². The molecule has 0 radical (unpaired) electrons. The fourth-order valence-electron chi connectivity index (χ4n) is 3.17. The van der Waals surface area contributed by atoms with E-state index in [0.717, 1.165) is 5.56 Å². The van der Waals surface area contributed by atoms with E-state index in [0.29, 0.717) is 39.5 Å². The van der Waals surface area contributed by atoms with E-state index in [4.69, 9.17) is 16.3 Å². The van der Waals surface area contributed by atoms with Crippen LogP contribution in [0.4, 0.5) is 5.69 Å². The Balaban J connectivity index is 1.66. The number of hydrogen-bond acceptors (Lipinski definition) is 6. The predicted molar refractivity (Wildman–Crippen MR) is 135 cm³/mol. The van der Waals surface area contributed by atoms with Crippen LogP contribution < -0.4 is 15.4 Å². The van der Waals surface area contributed by atoms with E-state index in [9.17, 15) is 9.59 Å². The highest BCUT2D eigenvalue weighted by Gasteiger charge is 2.20. The Morgan fingerprint density at radius 2 is 1.97 bits per heavy atom. The summed E-state index contributed by atoms with van der Waals surface area (Å²) >= 11 is 7.38. The van der Waals surface area contributed by atoms with Crippen molar-refractivity contribution >= 4 is 40.9 Å². The smallest absolute Gasteiger partial charge is 0.251 e. The van der Waals surface area contributed by atoms with E-state index >= 15 is 0 Å². The Hall–Kier alpha value is -3.30. The van der Waals surface area contributed by atoms with E-state index in [-0.39, 0.29) is 17.6 Å². The molecule has 10 heteroatoms. The van der Waals surface area contributed by atoms with Crippen LogP contribution in [0.25, 0.3) is 0 Å². The number of anilines is 1. The Morgan fingerprint density at radius 1 is 1.24 bits per heavy atom. The minimum Gasteiger partial charge on any atom is -0.497 e. The maximum absolute atomic E-state index is 12.6. The summed E-state index contributed by atoms with van der Waals surface area (Å²) in [6, 6.07) is 11.8. The highest BCUT2D eigenvalue weighted by Crippen LogP contribution is 2.25. The van der Waals surface area contributed by atoms with Gasteiger partial charge in [0.05, 0.1) is 18.9 Å². The third kappa shape index (κ3) is 6.18. The van der Waals surface area contributed by atoms with Crippen LogP contribution in [0.2, 0.25) is 5.02 Å².